The van der Waals surface area contributed by atoms with Crippen LogP contribution in [0.3, 0.4) is 0 Å². The molecule has 0 amide bonds. The number of nitrogens with one attached hydrogen (secondary N) is 1. The van der Waals surface area contributed by atoms with Crippen molar-refractivity contribution >= 4 is 17.1 Å². The maximum atomic E-state index is 13.1. The Labute approximate surface area is 183 Å². The van der Waals surface area contributed by atoms with E-state index in [0.717, 1.165) is 53.7 Å². The van der Waals surface area contributed by atoms with E-state index < -0.39 is 11.9 Å². The number of pyridine rings is 2. The summed E-state index contributed by atoms with van der Waals surface area (Å²) in [6.07, 6.45) is 4.84. The van der Waals surface area contributed by atoms with Crippen molar-refractivity contribution in [1.82, 2.24) is 29.7 Å². The summed E-state index contributed by atoms with van der Waals surface area (Å²) in [5.74, 6) is -0.426. The molecule has 1 aliphatic heterocycles. The van der Waals surface area contributed by atoms with Gasteiger partial charge >= 0.3 is 0 Å². The molecule has 5 heterocycles. The number of rotatable bonds is 5. The molecular weight excluding hydrogens is 419 g/mol. The lowest BCUT2D eigenvalue weighted by molar-refractivity contribution is 0.163. The second-order valence-corrected chi connectivity index (χ2v) is 8.22. The zero-order valence-electron chi connectivity index (χ0n) is 17.0. The molecule has 31 heavy (non-hydrogen) atoms. The highest BCUT2D eigenvalue weighted by molar-refractivity contribution is 6.34. The Hall–Kier alpha value is -2.81. The largest absolute Gasteiger partial charge is 0.387 e. The zero-order chi connectivity index (χ0) is 21.5. The quantitative estimate of drug-likeness (QED) is 0.496. The first kappa shape index (κ1) is 20.1. The Morgan fingerprint density at radius 2 is 2.19 bits per heavy atom. The first-order valence-electron chi connectivity index (χ1n) is 10.2. The van der Waals surface area contributed by atoms with Gasteiger partial charge in [0, 0.05) is 24.8 Å². The van der Waals surface area contributed by atoms with Gasteiger partial charge < -0.3 is 10.4 Å². The van der Waals surface area contributed by atoms with Crippen LogP contribution in [-0.2, 0) is 19.5 Å². The summed E-state index contributed by atoms with van der Waals surface area (Å²) >= 11 is 6.41. The van der Waals surface area contributed by atoms with Gasteiger partial charge in [-0.2, -0.15) is 10.2 Å². The SMILES string of the molecule is Cc1c(-c2cc(CCC(O)c3ccc(F)cn3)c3c(Cl)cnn3c2)nn2c1CNCC2. The lowest BCUT2D eigenvalue weighted by Gasteiger charge is -2.14. The highest BCUT2D eigenvalue weighted by Crippen LogP contribution is 2.31. The van der Waals surface area contributed by atoms with Gasteiger partial charge in [-0.05, 0) is 49.1 Å². The molecule has 4 aromatic rings. The fraction of sp³-hybridized carbons (Fsp3) is 0.318. The molecule has 0 fully saturated rings. The van der Waals surface area contributed by atoms with Gasteiger partial charge in [0.1, 0.15) is 5.82 Å². The van der Waals surface area contributed by atoms with Crippen molar-refractivity contribution < 1.29 is 9.50 Å². The number of hydrogen-bond acceptors (Lipinski definition) is 5. The van der Waals surface area contributed by atoms with E-state index >= 15 is 0 Å². The Bertz CT molecular complexity index is 1250. The predicted octanol–water partition coefficient (Wildman–Crippen LogP) is 3.46. The number of aromatic nitrogens is 5. The summed E-state index contributed by atoms with van der Waals surface area (Å²) in [5.41, 5.74) is 6.44. The number of halogens is 2. The Kier molecular flexibility index (Phi) is 5.21. The van der Waals surface area contributed by atoms with E-state index in [1.54, 1.807) is 10.7 Å². The molecule has 0 aliphatic carbocycles. The van der Waals surface area contributed by atoms with Gasteiger partial charge in [-0.3, -0.25) is 9.67 Å². The van der Waals surface area contributed by atoms with Gasteiger partial charge in [0.05, 0.1) is 52.7 Å². The minimum Gasteiger partial charge on any atom is -0.387 e. The fourth-order valence-electron chi connectivity index (χ4n) is 4.17. The van der Waals surface area contributed by atoms with E-state index in [0.29, 0.717) is 23.6 Å². The monoisotopic (exact) mass is 440 g/mol. The highest BCUT2D eigenvalue weighted by atomic mass is 35.5. The van der Waals surface area contributed by atoms with Gasteiger partial charge in [-0.1, -0.05) is 11.6 Å². The van der Waals surface area contributed by atoms with E-state index in [-0.39, 0.29) is 0 Å². The first-order valence-corrected chi connectivity index (χ1v) is 10.6. The van der Waals surface area contributed by atoms with Crippen LogP contribution < -0.4 is 5.32 Å². The molecule has 1 aliphatic rings. The second-order valence-electron chi connectivity index (χ2n) is 7.82. The second kappa shape index (κ2) is 8.03. The maximum Gasteiger partial charge on any atom is 0.141 e. The summed E-state index contributed by atoms with van der Waals surface area (Å²) in [5, 5.41) is 23.7. The van der Waals surface area contributed by atoms with Crippen molar-refractivity contribution in [1.29, 1.82) is 0 Å². The van der Waals surface area contributed by atoms with Crippen molar-refractivity contribution in [2.75, 3.05) is 6.54 Å². The molecule has 0 radical (unpaired) electrons. The highest BCUT2D eigenvalue weighted by Gasteiger charge is 2.20. The average Bonchev–Trinajstić information content (AvgIpc) is 3.32. The van der Waals surface area contributed by atoms with Crippen LogP contribution in [0.25, 0.3) is 16.8 Å². The Balaban J connectivity index is 1.50. The van der Waals surface area contributed by atoms with E-state index in [4.69, 9.17) is 16.7 Å². The molecule has 5 rings (SSSR count). The molecule has 0 saturated heterocycles. The van der Waals surface area contributed by atoms with Crippen molar-refractivity contribution in [3.05, 3.63) is 70.1 Å². The molecule has 2 N–H and O–H groups in total. The molecule has 0 aromatic carbocycles. The number of fused-ring (bicyclic) bond motifs is 2. The van der Waals surface area contributed by atoms with E-state index in [9.17, 15) is 9.50 Å². The van der Waals surface area contributed by atoms with Crippen LogP contribution in [0, 0.1) is 12.7 Å². The standard InChI is InChI=1S/C22H22ClFN6O/c1-13-19-11-25-6-7-29(19)28-21(13)15-8-14(22-17(23)10-27-30(22)12-15)2-5-20(31)18-4-3-16(24)9-26-18/h3-4,8-10,12,20,25,31H,2,5-7,11H2,1H3. The summed E-state index contributed by atoms with van der Waals surface area (Å²) in [6.45, 7) is 4.64. The molecule has 1 atom stereocenters. The van der Waals surface area contributed by atoms with Crippen LogP contribution in [0.5, 0.6) is 0 Å². The predicted molar refractivity (Wildman–Crippen MR) is 115 cm³/mol. The lowest BCUT2D eigenvalue weighted by Crippen LogP contribution is -2.28. The summed E-state index contributed by atoms with van der Waals surface area (Å²) in [7, 11) is 0. The van der Waals surface area contributed by atoms with Crippen molar-refractivity contribution in [2.24, 2.45) is 0 Å². The van der Waals surface area contributed by atoms with E-state index in [1.807, 2.05) is 6.20 Å². The molecular formula is C22H22ClFN6O. The zero-order valence-corrected chi connectivity index (χ0v) is 17.8. The Morgan fingerprint density at radius 1 is 1.32 bits per heavy atom. The smallest absolute Gasteiger partial charge is 0.141 e. The average molecular weight is 441 g/mol. The van der Waals surface area contributed by atoms with E-state index in [1.165, 1.54) is 17.8 Å². The minimum absolute atomic E-state index is 0.418. The topological polar surface area (TPSA) is 80.3 Å². The van der Waals surface area contributed by atoms with E-state index in [2.05, 4.69) is 33.1 Å². The van der Waals surface area contributed by atoms with Crippen LogP contribution >= 0.6 is 11.6 Å². The summed E-state index contributed by atoms with van der Waals surface area (Å²) in [6, 6.07) is 4.88. The summed E-state index contributed by atoms with van der Waals surface area (Å²) in [4.78, 5) is 3.99. The number of aliphatic hydroxyl groups excluding tert-OH is 1. The van der Waals surface area contributed by atoms with Crippen molar-refractivity contribution in [3.63, 3.8) is 0 Å². The number of hydrogen-bond donors (Lipinski definition) is 2. The third kappa shape index (κ3) is 3.71. The molecule has 1 unspecified atom stereocenters. The van der Waals surface area contributed by atoms with Crippen molar-refractivity contribution in [3.8, 4) is 11.3 Å². The molecule has 4 aromatic heterocycles. The molecule has 9 heteroatoms. The first-order chi connectivity index (χ1) is 15.0. The number of nitrogens with zero attached hydrogens (tertiary/aromatic N) is 5. The fourth-order valence-corrected chi connectivity index (χ4v) is 4.42. The maximum absolute atomic E-state index is 13.1. The molecule has 160 valence electrons. The third-order valence-electron chi connectivity index (χ3n) is 5.81. The van der Waals surface area contributed by atoms with Crippen LogP contribution in [0.15, 0.2) is 36.8 Å². The summed E-state index contributed by atoms with van der Waals surface area (Å²) < 4.78 is 17.0. The molecule has 0 spiro atoms. The number of aliphatic hydroxyl groups is 1. The molecule has 7 nitrogen and oxygen atoms in total. The molecule has 0 bridgehead atoms. The van der Waals surface area contributed by atoms with Crippen LogP contribution in [0.1, 0.15) is 35.0 Å². The lowest BCUT2D eigenvalue weighted by atomic mass is 10.0. The molecule has 0 saturated carbocycles. The third-order valence-corrected chi connectivity index (χ3v) is 6.09. The van der Waals surface area contributed by atoms with Gasteiger partial charge in [-0.15, -0.1) is 0 Å². The van der Waals surface area contributed by atoms with Gasteiger partial charge in [0.25, 0.3) is 0 Å². The van der Waals surface area contributed by atoms with Crippen molar-refractivity contribution in [2.45, 2.75) is 39.0 Å². The van der Waals surface area contributed by atoms with Gasteiger partial charge in [-0.25, -0.2) is 8.91 Å². The van der Waals surface area contributed by atoms with Crippen LogP contribution in [0.4, 0.5) is 4.39 Å². The Morgan fingerprint density at radius 3 is 2.97 bits per heavy atom. The normalized spacial score (nSPS) is 14.7. The van der Waals surface area contributed by atoms with Crippen LogP contribution in [-0.4, -0.2) is 36.0 Å². The van der Waals surface area contributed by atoms with Gasteiger partial charge in [0.2, 0.25) is 0 Å². The number of aryl methyl sites for hydroxylation is 1. The minimum atomic E-state index is -0.807. The van der Waals surface area contributed by atoms with Crippen LogP contribution in [0.2, 0.25) is 5.02 Å². The van der Waals surface area contributed by atoms with Gasteiger partial charge in [0.15, 0.2) is 0 Å².